The fraction of sp³-hybridized carbons (Fsp3) is 0.562. The molecule has 3 nitrogen and oxygen atoms in total. The molecule has 106 valence electrons. The van der Waals surface area contributed by atoms with E-state index in [-0.39, 0.29) is 17.1 Å². The number of rotatable bonds is 4. The normalized spacial score (nSPS) is 11.4. The molecule has 0 heterocycles. The van der Waals surface area contributed by atoms with Crippen molar-refractivity contribution in [3.63, 3.8) is 0 Å². The zero-order chi connectivity index (χ0) is 14.6. The van der Waals surface area contributed by atoms with E-state index in [1.165, 1.54) is 0 Å². The minimum atomic E-state index is -0.211. The molecular weight excluding hydrogens is 240 g/mol. The van der Waals surface area contributed by atoms with Gasteiger partial charge in [-0.1, -0.05) is 34.1 Å². The van der Waals surface area contributed by atoms with Crippen LogP contribution in [0, 0.1) is 6.92 Å². The molecule has 19 heavy (non-hydrogen) atoms. The number of phenolic OH excluding ortho intramolecular Hbond substituents is 1. The van der Waals surface area contributed by atoms with Crippen molar-refractivity contribution in [3.8, 4) is 11.5 Å². The van der Waals surface area contributed by atoms with E-state index < -0.39 is 0 Å². The van der Waals surface area contributed by atoms with E-state index in [1.54, 1.807) is 19.1 Å². The Morgan fingerprint density at radius 1 is 1.32 bits per heavy atom. The van der Waals surface area contributed by atoms with Gasteiger partial charge in [0.05, 0.1) is 0 Å². The fourth-order valence-corrected chi connectivity index (χ4v) is 1.84. The summed E-state index contributed by atoms with van der Waals surface area (Å²) in [6.07, 6.45) is 2.23. The molecule has 0 aliphatic heterocycles. The number of hydrogen-bond acceptors (Lipinski definition) is 3. The van der Waals surface area contributed by atoms with Gasteiger partial charge in [-0.2, -0.15) is 0 Å². The van der Waals surface area contributed by atoms with Crippen molar-refractivity contribution in [1.82, 2.24) is 0 Å². The molecule has 0 spiro atoms. The maximum atomic E-state index is 11.8. The Kier molecular flexibility index (Phi) is 4.98. The number of aryl methyl sites for hydroxylation is 1. The molecule has 1 rings (SSSR count). The second-order valence-corrected chi connectivity index (χ2v) is 5.96. The number of hydrogen-bond donors (Lipinski definition) is 1. The van der Waals surface area contributed by atoms with Crippen LogP contribution in [-0.4, -0.2) is 11.1 Å². The minimum absolute atomic E-state index is 0.189. The van der Waals surface area contributed by atoms with Crippen LogP contribution in [0.15, 0.2) is 12.1 Å². The minimum Gasteiger partial charge on any atom is -0.508 e. The number of phenols is 1. The Labute approximate surface area is 115 Å². The Hall–Kier alpha value is -1.51. The lowest BCUT2D eigenvalue weighted by Gasteiger charge is -2.23. The highest BCUT2D eigenvalue weighted by Gasteiger charge is 2.22. The number of unbranched alkanes of at least 4 members (excludes halogenated alkanes) is 1. The molecule has 0 radical (unpaired) electrons. The summed E-state index contributed by atoms with van der Waals surface area (Å²) < 4.78 is 5.46. The molecule has 0 bridgehead atoms. The van der Waals surface area contributed by atoms with Crippen LogP contribution in [0.2, 0.25) is 0 Å². The van der Waals surface area contributed by atoms with E-state index in [1.807, 2.05) is 27.7 Å². The second kappa shape index (κ2) is 6.09. The highest BCUT2D eigenvalue weighted by molar-refractivity contribution is 5.73. The van der Waals surface area contributed by atoms with Gasteiger partial charge in [-0.15, -0.1) is 0 Å². The van der Waals surface area contributed by atoms with Gasteiger partial charge in [0.15, 0.2) is 0 Å². The molecule has 0 aliphatic rings. The number of carbonyl (C=O) groups is 1. The van der Waals surface area contributed by atoms with Crippen LogP contribution in [0.25, 0.3) is 0 Å². The molecule has 0 aliphatic carbocycles. The highest BCUT2D eigenvalue weighted by atomic mass is 16.5. The summed E-state index contributed by atoms with van der Waals surface area (Å²) in [4.78, 5) is 11.8. The van der Waals surface area contributed by atoms with Crippen LogP contribution in [-0.2, 0) is 10.2 Å². The molecule has 0 aromatic heterocycles. The van der Waals surface area contributed by atoms with Crippen LogP contribution in [0.4, 0.5) is 0 Å². The van der Waals surface area contributed by atoms with Crippen LogP contribution >= 0.6 is 0 Å². The average Bonchev–Trinajstić information content (AvgIpc) is 2.29. The van der Waals surface area contributed by atoms with E-state index in [9.17, 15) is 9.90 Å². The molecule has 0 saturated heterocycles. The number of benzene rings is 1. The maximum absolute atomic E-state index is 11.8. The van der Waals surface area contributed by atoms with Gasteiger partial charge < -0.3 is 9.84 Å². The number of ether oxygens (including phenoxy) is 1. The molecule has 1 N–H and O–H groups in total. The molecule has 0 unspecified atom stereocenters. The monoisotopic (exact) mass is 264 g/mol. The van der Waals surface area contributed by atoms with Gasteiger partial charge in [-0.3, -0.25) is 4.79 Å². The predicted octanol–water partition coefficient (Wildman–Crippen LogP) is 4.09. The van der Waals surface area contributed by atoms with Gasteiger partial charge in [-0.25, -0.2) is 0 Å². The molecule has 0 amide bonds. The molecule has 0 saturated carbocycles. The van der Waals surface area contributed by atoms with Crippen LogP contribution in [0.1, 0.15) is 58.1 Å². The zero-order valence-electron chi connectivity index (χ0n) is 12.5. The van der Waals surface area contributed by atoms with Gasteiger partial charge >= 0.3 is 5.97 Å². The molecule has 0 fully saturated rings. The average molecular weight is 264 g/mol. The molecule has 1 aromatic rings. The van der Waals surface area contributed by atoms with Crippen LogP contribution < -0.4 is 4.74 Å². The van der Waals surface area contributed by atoms with E-state index >= 15 is 0 Å². The third kappa shape index (κ3) is 4.27. The Bertz CT molecular complexity index is 456. The van der Waals surface area contributed by atoms with Gasteiger partial charge in [-0.05, 0) is 36.5 Å². The van der Waals surface area contributed by atoms with Gasteiger partial charge in [0.2, 0.25) is 0 Å². The SMILES string of the molecule is CCCCC(=O)Oc1cc(C)c(O)cc1C(C)(C)C. The summed E-state index contributed by atoms with van der Waals surface area (Å²) in [5.74, 6) is 0.583. The van der Waals surface area contributed by atoms with Crippen LogP contribution in [0.3, 0.4) is 0 Å². The van der Waals surface area contributed by atoms with E-state index in [4.69, 9.17) is 4.74 Å². The van der Waals surface area contributed by atoms with Crippen molar-refractivity contribution in [3.05, 3.63) is 23.3 Å². The van der Waals surface area contributed by atoms with Crippen molar-refractivity contribution in [2.24, 2.45) is 0 Å². The smallest absolute Gasteiger partial charge is 0.311 e. The van der Waals surface area contributed by atoms with Gasteiger partial charge in [0.1, 0.15) is 11.5 Å². The third-order valence-electron chi connectivity index (χ3n) is 3.06. The first kappa shape index (κ1) is 15.5. The summed E-state index contributed by atoms with van der Waals surface area (Å²) in [6.45, 7) is 9.92. The Balaban J connectivity index is 3.05. The summed E-state index contributed by atoms with van der Waals surface area (Å²) in [5, 5.41) is 9.82. The topological polar surface area (TPSA) is 46.5 Å². The highest BCUT2D eigenvalue weighted by Crippen LogP contribution is 2.36. The summed E-state index contributed by atoms with van der Waals surface area (Å²) >= 11 is 0. The number of aromatic hydroxyl groups is 1. The number of carbonyl (C=O) groups excluding carboxylic acids is 1. The molecule has 1 aromatic carbocycles. The summed E-state index contributed by atoms with van der Waals surface area (Å²) in [7, 11) is 0. The van der Waals surface area contributed by atoms with E-state index in [2.05, 4.69) is 0 Å². The first-order chi connectivity index (χ1) is 8.75. The standard InChI is InChI=1S/C16H24O3/c1-6-7-8-15(18)19-14-9-11(2)13(17)10-12(14)16(3,4)5/h9-10,17H,6-8H2,1-5H3. The van der Waals surface area contributed by atoms with Crippen molar-refractivity contribution in [2.45, 2.75) is 59.3 Å². The van der Waals surface area contributed by atoms with Crippen molar-refractivity contribution >= 4 is 5.97 Å². The predicted molar refractivity (Wildman–Crippen MR) is 76.7 cm³/mol. The first-order valence-electron chi connectivity index (χ1n) is 6.80. The lowest BCUT2D eigenvalue weighted by molar-refractivity contribution is -0.134. The lowest BCUT2D eigenvalue weighted by Crippen LogP contribution is -2.16. The van der Waals surface area contributed by atoms with E-state index in [0.717, 1.165) is 18.4 Å². The molecule has 0 atom stereocenters. The fourth-order valence-electron chi connectivity index (χ4n) is 1.84. The lowest BCUT2D eigenvalue weighted by atomic mass is 9.85. The van der Waals surface area contributed by atoms with Crippen molar-refractivity contribution in [2.75, 3.05) is 0 Å². The van der Waals surface area contributed by atoms with Crippen molar-refractivity contribution < 1.29 is 14.6 Å². The molecule has 3 heteroatoms. The maximum Gasteiger partial charge on any atom is 0.311 e. The zero-order valence-corrected chi connectivity index (χ0v) is 12.5. The Morgan fingerprint density at radius 2 is 1.95 bits per heavy atom. The molecular formula is C16H24O3. The second-order valence-electron chi connectivity index (χ2n) is 5.96. The van der Waals surface area contributed by atoms with E-state index in [0.29, 0.717) is 17.7 Å². The summed E-state index contributed by atoms with van der Waals surface area (Å²) in [5.41, 5.74) is 1.37. The third-order valence-corrected chi connectivity index (χ3v) is 3.06. The van der Waals surface area contributed by atoms with Gasteiger partial charge in [0, 0.05) is 12.0 Å². The summed E-state index contributed by atoms with van der Waals surface area (Å²) in [6, 6.07) is 3.43. The Morgan fingerprint density at radius 3 is 2.47 bits per heavy atom. The van der Waals surface area contributed by atoms with Gasteiger partial charge in [0.25, 0.3) is 0 Å². The van der Waals surface area contributed by atoms with Crippen molar-refractivity contribution in [1.29, 1.82) is 0 Å². The largest absolute Gasteiger partial charge is 0.508 e. The number of esters is 1. The quantitative estimate of drug-likeness (QED) is 0.658. The van der Waals surface area contributed by atoms with Crippen LogP contribution in [0.5, 0.6) is 11.5 Å². The first-order valence-corrected chi connectivity index (χ1v) is 6.80.